The lowest BCUT2D eigenvalue weighted by molar-refractivity contribution is -0.173. The largest absolute Gasteiger partial charge is 0.410 e. The Bertz CT molecular complexity index is 1080. The van der Waals surface area contributed by atoms with Gasteiger partial charge < -0.3 is 10.2 Å². The van der Waals surface area contributed by atoms with Crippen molar-refractivity contribution in [3.05, 3.63) is 83.0 Å². The molecule has 0 aliphatic carbocycles. The van der Waals surface area contributed by atoms with E-state index in [0.29, 0.717) is 6.54 Å². The van der Waals surface area contributed by atoms with E-state index in [1.807, 2.05) is 61.5 Å². The van der Waals surface area contributed by atoms with Gasteiger partial charge in [-0.2, -0.15) is 18.3 Å². The maximum atomic E-state index is 13.9. The third-order valence-electron chi connectivity index (χ3n) is 5.87. The molecule has 2 aromatic carbocycles. The highest BCUT2D eigenvalue weighted by Crippen LogP contribution is 2.44. The number of nitrogens with zero attached hydrogens (tertiary/aromatic N) is 3. The summed E-state index contributed by atoms with van der Waals surface area (Å²) in [5, 5.41) is 7.11. The Morgan fingerprint density at radius 2 is 1.81 bits per heavy atom. The molecule has 168 valence electrons. The first-order valence-electron chi connectivity index (χ1n) is 10.6. The Morgan fingerprint density at radius 3 is 2.44 bits per heavy atom. The van der Waals surface area contributed by atoms with Gasteiger partial charge in [0.25, 0.3) is 5.91 Å². The van der Waals surface area contributed by atoms with E-state index in [2.05, 4.69) is 10.4 Å². The second-order valence-electron chi connectivity index (χ2n) is 8.08. The minimum atomic E-state index is -4.49. The fourth-order valence-corrected chi connectivity index (χ4v) is 4.06. The van der Waals surface area contributed by atoms with Crippen molar-refractivity contribution in [1.82, 2.24) is 14.7 Å². The lowest BCUT2D eigenvalue weighted by Gasteiger charge is -2.34. The van der Waals surface area contributed by atoms with Gasteiger partial charge in [-0.15, -0.1) is 0 Å². The van der Waals surface area contributed by atoms with Gasteiger partial charge in [0.05, 0.1) is 12.2 Å². The average Bonchev–Trinajstić information content (AvgIpc) is 3.21. The molecule has 4 rings (SSSR count). The first-order chi connectivity index (χ1) is 15.3. The van der Waals surface area contributed by atoms with Gasteiger partial charge in [-0.3, -0.25) is 4.79 Å². The quantitative estimate of drug-likeness (QED) is 0.577. The van der Waals surface area contributed by atoms with Crippen molar-refractivity contribution in [3.8, 4) is 0 Å². The van der Waals surface area contributed by atoms with E-state index in [-0.39, 0.29) is 23.7 Å². The van der Waals surface area contributed by atoms with Crippen LogP contribution in [0.2, 0.25) is 0 Å². The molecule has 0 spiro atoms. The number of hydrogen-bond donors (Lipinski definition) is 1. The molecule has 3 aromatic rings. The number of anilines is 1. The second kappa shape index (κ2) is 8.68. The molecule has 1 amide bonds. The van der Waals surface area contributed by atoms with Crippen LogP contribution in [-0.2, 0) is 13.0 Å². The fraction of sp³-hybridized carbons (Fsp3) is 0.333. The fourth-order valence-electron chi connectivity index (χ4n) is 4.06. The molecule has 0 saturated carbocycles. The molecule has 1 N–H and O–H groups in total. The molecule has 0 fully saturated rings. The van der Waals surface area contributed by atoms with Crippen molar-refractivity contribution in [2.24, 2.45) is 0 Å². The Balaban J connectivity index is 1.65. The van der Waals surface area contributed by atoms with Crippen LogP contribution in [0, 0.1) is 0 Å². The summed E-state index contributed by atoms with van der Waals surface area (Å²) in [5.74, 6) is -0.279. The molecular formula is C24H25F3N4O. The third kappa shape index (κ3) is 4.35. The highest BCUT2D eigenvalue weighted by atomic mass is 19.4. The number of carbonyl (C=O) groups is 1. The molecule has 0 radical (unpaired) electrons. The summed E-state index contributed by atoms with van der Waals surface area (Å²) in [6, 6.07) is 14.6. The van der Waals surface area contributed by atoms with Crippen LogP contribution in [0.15, 0.2) is 60.8 Å². The van der Waals surface area contributed by atoms with Gasteiger partial charge in [-0.25, -0.2) is 4.68 Å². The van der Waals surface area contributed by atoms with Crippen molar-refractivity contribution in [2.75, 3.05) is 12.4 Å². The van der Waals surface area contributed by atoms with Gasteiger partial charge in [0.1, 0.15) is 11.4 Å². The highest BCUT2D eigenvalue weighted by molar-refractivity contribution is 5.98. The number of hydrogen-bond acceptors (Lipinski definition) is 3. The number of alkyl halides is 3. The summed E-state index contributed by atoms with van der Waals surface area (Å²) in [4.78, 5) is 14.6. The van der Waals surface area contributed by atoms with Crippen LogP contribution in [0.1, 0.15) is 52.5 Å². The van der Waals surface area contributed by atoms with Gasteiger partial charge >= 0.3 is 6.18 Å². The number of amides is 1. The normalized spacial score (nSPS) is 18.0. The smallest absolute Gasteiger partial charge is 0.363 e. The summed E-state index contributed by atoms with van der Waals surface area (Å²) >= 11 is 0. The molecule has 32 heavy (non-hydrogen) atoms. The maximum Gasteiger partial charge on any atom is 0.410 e. The van der Waals surface area contributed by atoms with E-state index in [1.54, 1.807) is 7.05 Å². The van der Waals surface area contributed by atoms with Crippen LogP contribution >= 0.6 is 0 Å². The number of halogens is 3. The Kier molecular flexibility index (Phi) is 5.95. The molecule has 0 bridgehead atoms. The van der Waals surface area contributed by atoms with Gasteiger partial charge in [0.2, 0.25) is 0 Å². The molecule has 1 aliphatic rings. The van der Waals surface area contributed by atoms with Crippen LogP contribution in [0.25, 0.3) is 0 Å². The molecule has 1 aromatic heterocycles. The predicted molar refractivity (Wildman–Crippen MR) is 116 cm³/mol. The van der Waals surface area contributed by atoms with Crippen LogP contribution < -0.4 is 5.32 Å². The lowest BCUT2D eigenvalue weighted by atomic mass is 9.95. The monoisotopic (exact) mass is 442 g/mol. The molecule has 8 heteroatoms. The van der Waals surface area contributed by atoms with E-state index in [0.717, 1.165) is 27.8 Å². The van der Waals surface area contributed by atoms with E-state index in [9.17, 15) is 18.0 Å². The summed E-state index contributed by atoms with van der Waals surface area (Å²) in [5.41, 5.74) is 2.92. The van der Waals surface area contributed by atoms with Crippen molar-refractivity contribution < 1.29 is 18.0 Å². The number of rotatable bonds is 5. The second-order valence-corrected chi connectivity index (χ2v) is 8.08. The van der Waals surface area contributed by atoms with Gasteiger partial charge in [0.15, 0.2) is 6.04 Å². The van der Waals surface area contributed by atoms with Crippen molar-refractivity contribution in [2.45, 2.75) is 44.6 Å². The molecule has 1 aliphatic heterocycles. The Morgan fingerprint density at radius 1 is 1.12 bits per heavy atom. The van der Waals surface area contributed by atoms with Crippen LogP contribution in [0.5, 0.6) is 0 Å². The standard InChI is InChI=1S/C24H25F3N4O/c1-3-16-9-11-18(12-10-16)20-13-21(24(25,26)27)31-22(29-20)19(14-28-31)23(32)30(2)15-17-7-5-4-6-8-17/h4-12,14,20-21,29H,3,13,15H2,1-2H3/t20-,21+/m1/s1. The van der Waals surface area contributed by atoms with Crippen LogP contribution in [0.3, 0.4) is 0 Å². The summed E-state index contributed by atoms with van der Waals surface area (Å²) < 4.78 is 42.6. The zero-order valence-corrected chi connectivity index (χ0v) is 17.9. The van der Waals surface area contributed by atoms with E-state index < -0.39 is 18.3 Å². The number of aryl methyl sites for hydroxylation is 1. The molecule has 5 nitrogen and oxygen atoms in total. The van der Waals surface area contributed by atoms with Crippen molar-refractivity contribution in [1.29, 1.82) is 0 Å². The topological polar surface area (TPSA) is 50.2 Å². The number of nitrogens with one attached hydrogen (secondary N) is 1. The zero-order chi connectivity index (χ0) is 22.9. The first kappa shape index (κ1) is 21.9. The Hall–Kier alpha value is -3.29. The van der Waals surface area contributed by atoms with Gasteiger partial charge in [-0.1, -0.05) is 61.5 Å². The average molecular weight is 442 g/mol. The Labute approximate surface area is 184 Å². The van der Waals surface area contributed by atoms with Crippen LogP contribution in [-0.4, -0.2) is 33.8 Å². The number of fused-ring (bicyclic) bond motifs is 1. The number of aromatic nitrogens is 2. The molecule has 2 atom stereocenters. The predicted octanol–water partition coefficient (Wildman–Crippen LogP) is 5.38. The third-order valence-corrected chi connectivity index (χ3v) is 5.87. The molecule has 2 heterocycles. The summed E-state index contributed by atoms with van der Waals surface area (Å²) in [6.45, 7) is 2.37. The van der Waals surface area contributed by atoms with Gasteiger partial charge in [-0.05, 0) is 23.1 Å². The minimum absolute atomic E-state index is 0.105. The zero-order valence-electron chi connectivity index (χ0n) is 17.9. The molecule has 0 unspecified atom stereocenters. The van der Waals surface area contributed by atoms with Crippen LogP contribution in [0.4, 0.5) is 19.0 Å². The number of benzene rings is 2. The van der Waals surface area contributed by atoms with E-state index in [4.69, 9.17) is 0 Å². The molecular weight excluding hydrogens is 417 g/mol. The van der Waals surface area contributed by atoms with E-state index in [1.165, 1.54) is 11.1 Å². The lowest BCUT2D eigenvalue weighted by Crippen LogP contribution is -2.36. The minimum Gasteiger partial charge on any atom is -0.363 e. The molecule has 0 saturated heterocycles. The SMILES string of the molecule is CCc1ccc([C@H]2C[C@@H](C(F)(F)F)n3ncc(C(=O)N(C)Cc4ccccc4)c3N2)cc1. The van der Waals surface area contributed by atoms with Crippen molar-refractivity contribution >= 4 is 11.7 Å². The highest BCUT2D eigenvalue weighted by Gasteiger charge is 2.47. The summed E-state index contributed by atoms with van der Waals surface area (Å²) in [6.07, 6.45) is -2.60. The van der Waals surface area contributed by atoms with Gasteiger partial charge in [0, 0.05) is 20.0 Å². The summed E-state index contributed by atoms with van der Waals surface area (Å²) in [7, 11) is 1.63. The maximum absolute atomic E-state index is 13.9. The van der Waals surface area contributed by atoms with Crippen molar-refractivity contribution in [3.63, 3.8) is 0 Å². The van der Waals surface area contributed by atoms with E-state index >= 15 is 0 Å². The first-order valence-corrected chi connectivity index (χ1v) is 10.6. The number of carbonyl (C=O) groups excluding carboxylic acids is 1.